The number of rotatable bonds is 5. The molecule has 2 heterocycles. The van der Waals surface area contributed by atoms with Crippen LogP contribution in [0.2, 0.25) is 0 Å². The van der Waals surface area contributed by atoms with Crippen LogP contribution in [0.4, 0.5) is 20.6 Å². The first-order chi connectivity index (χ1) is 14.7. The van der Waals surface area contributed by atoms with Gasteiger partial charge >= 0.3 is 6.09 Å². The number of hydrogen-bond donors (Lipinski definition) is 1. The third kappa shape index (κ3) is 4.81. The number of amides is 1. The molecule has 7 nitrogen and oxygen atoms in total. The fraction of sp³-hybridized carbons (Fsp3) is 0.381. The summed E-state index contributed by atoms with van der Waals surface area (Å²) in [6.45, 7) is 3.60. The standard InChI is InChI=1S/C21H23FN2O5S2/c1-14-2-4-18(31(26,27)28)11-15(14)10-17-13-24(21(25)29-17)16-3-5-20(19(22)12-16)23-6-8-30-9-7-23/h2-5,11-12,17H,6-10,13H2,1H3,(H,26,27,28). The zero-order chi connectivity index (χ0) is 22.2. The van der Waals surface area contributed by atoms with Gasteiger partial charge in [-0.3, -0.25) is 9.45 Å². The van der Waals surface area contributed by atoms with E-state index < -0.39 is 22.3 Å². The van der Waals surface area contributed by atoms with Crippen molar-refractivity contribution in [3.05, 3.63) is 53.3 Å². The maximum absolute atomic E-state index is 14.8. The molecule has 2 saturated heterocycles. The monoisotopic (exact) mass is 466 g/mol. The lowest BCUT2D eigenvalue weighted by Gasteiger charge is -2.29. The Morgan fingerprint density at radius 1 is 1.19 bits per heavy atom. The van der Waals surface area contributed by atoms with E-state index in [1.54, 1.807) is 18.2 Å². The van der Waals surface area contributed by atoms with E-state index in [1.807, 2.05) is 23.6 Å². The third-order valence-electron chi connectivity index (χ3n) is 5.53. The molecule has 0 aliphatic carbocycles. The van der Waals surface area contributed by atoms with Crippen molar-refractivity contribution >= 4 is 39.3 Å². The molecule has 2 fully saturated rings. The molecule has 2 aromatic rings. The van der Waals surface area contributed by atoms with E-state index in [4.69, 9.17) is 4.74 Å². The number of hydrogen-bond acceptors (Lipinski definition) is 6. The molecule has 1 N–H and O–H groups in total. The Labute approximate surface area is 184 Å². The number of carbonyl (C=O) groups is 1. The summed E-state index contributed by atoms with van der Waals surface area (Å²) < 4.78 is 52.3. The minimum Gasteiger partial charge on any atom is -0.444 e. The van der Waals surface area contributed by atoms with Crippen LogP contribution in [0.25, 0.3) is 0 Å². The van der Waals surface area contributed by atoms with Gasteiger partial charge in [-0.05, 0) is 48.4 Å². The van der Waals surface area contributed by atoms with E-state index in [2.05, 4.69) is 0 Å². The number of ether oxygens (including phenoxy) is 1. The Morgan fingerprint density at radius 3 is 2.61 bits per heavy atom. The molecule has 0 aromatic heterocycles. The molecule has 31 heavy (non-hydrogen) atoms. The van der Waals surface area contributed by atoms with Gasteiger partial charge in [-0.2, -0.15) is 20.2 Å². The maximum atomic E-state index is 14.8. The summed E-state index contributed by atoms with van der Waals surface area (Å²) in [4.78, 5) is 15.6. The van der Waals surface area contributed by atoms with E-state index in [0.717, 1.165) is 30.2 Å². The van der Waals surface area contributed by atoms with Gasteiger partial charge in [0.25, 0.3) is 10.1 Å². The number of anilines is 2. The molecule has 0 saturated carbocycles. The topological polar surface area (TPSA) is 87.2 Å². The molecule has 2 aromatic carbocycles. The number of carbonyl (C=O) groups excluding carboxylic acids is 1. The van der Waals surface area contributed by atoms with E-state index in [9.17, 15) is 22.2 Å². The minimum atomic E-state index is -4.32. The highest BCUT2D eigenvalue weighted by Crippen LogP contribution is 2.30. The molecule has 0 radical (unpaired) electrons. The first-order valence-corrected chi connectivity index (χ1v) is 12.5. The van der Waals surface area contributed by atoms with Crippen molar-refractivity contribution in [2.24, 2.45) is 0 Å². The van der Waals surface area contributed by atoms with Gasteiger partial charge in [0.15, 0.2) is 0 Å². The summed E-state index contributed by atoms with van der Waals surface area (Å²) in [6, 6.07) is 9.07. The number of aryl methyl sites for hydroxylation is 1. The SMILES string of the molecule is Cc1ccc(S(=O)(=O)O)cc1CC1CN(c2ccc(N3CCSCC3)c(F)c2)C(=O)O1. The average Bonchev–Trinajstić information content (AvgIpc) is 3.09. The number of benzene rings is 2. The van der Waals surface area contributed by atoms with Gasteiger partial charge in [-0.15, -0.1) is 0 Å². The maximum Gasteiger partial charge on any atom is 0.414 e. The lowest BCUT2D eigenvalue weighted by Crippen LogP contribution is -2.33. The van der Waals surface area contributed by atoms with Gasteiger partial charge in [-0.1, -0.05) is 6.07 Å². The first-order valence-electron chi connectivity index (χ1n) is 9.90. The van der Waals surface area contributed by atoms with Crippen molar-refractivity contribution in [1.29, 1.82) is 0 Å². The highest BCUT2D eigenvalue weighted by atomic mass is 32.2. The Balaban J connectivity index is 1.49. The molecular formula is C21H23FN2O5S2. The highest BCUT2D eigenvalue weighted by Gasteiger charge is 2.33. The summed E-state index contributed by atoms with van der Waals surface area (Å²) in [5.41, 5.74) is 2.42. The predicted octanol–water partition coefficient (Wildman–Crippen LogP) is 3.50. The molecule has 2 aliphatic rings. The van der Waals surface area contributed by atoms with E-state index in [1.165, 1.54) is 23.1 Å². The lowest BCUT2D eigenvalue weighted by molar-refractivity contribution is 0.141. The van der Waals surface area contributed by atoms with Crippen LogP contribution in [0.5, 0.6) is 0 Å². The van der Waals surface area contributed by atoms with Crippen molar-refractivity contribution in [3.63, 3.8) is 0 Å². The van der Waals surface area contributed by atoms with Crippen molar-refractivity contribution in [2.75, 3.05) is 40.9 Å². The second-order valence-corrected chi connectivity index (χ2v) is 10.3. The number of halogens is 1. The Morgan fingerprint density at radius 2 is 1.94 bits per heavy atom. The van der Waals surface area contributed by atoms with Crippen molar-refractivity contribution in [3.8, 4) is 0 Å². The summed E-state index contributed by atoms with van der Waals surface area (Å²) in [7, 11) is -4.32. The van der Waals surface area contributed by atoms with E-state index >= 15 is 0 Å². The average molecular weight is 467 g/mol. The predicted molar refractivity (Wildman–Crippen MR) is 118 cm³/mol. The molecule has 10 heteroatoms. The van der Waals surface area contributed by atoms with Crippen LogP contribution in [-0.4, -0.2) is 56.3 Å². The summed E-state index contributed by atoms with van der Waals surface area (Å²) >= 11 is 1.85. The molecule has 1 unspecified atom stereocenters. The normalized spacial score (nSPS) is 19.6. The second-order valence-electron chi connectivity index (χ2n) is 7.62. The Hall–Kier alpha value is -2.30. The Bertz CT molecular complexity index is 1100. The van der Waals surface area contributed by atoms with Crippen molar-refractivity contribution in [2.45, 2.75) is 24.3 Å². The van der Waals surface area contributed by atoms with Gasteiger partial charge in [0.05, 0.1) is 22.8 Å². The van der Waals surface area contributed by atoms with Crippen LogP contribution < -0.4 is 9.80 Å². The minimum absolute atomic E-state index is 0.206. The van der Waals surface area contributed by atoms with Crippen molar-refractivity contribution in [1.82, 2.24) is 0 Å². The molecule has 2 aliphatic heterocycles. The molecule has 1 amide bonds. The highest BCUT2D eigenvalue weighted by molar-refractivity contribution is 7.99. The van der Waals surface area contributed by atoms with Gasteiger partial charge in [0, 0.05) is 31.0 Å². The third-order valence-corrected chi connectivity index (χ3v) is 7.33. The lowest BCUT2D eigenvalue weighted by atomic mass is 10.0. The fourth-order valence-corrected chi connectivity index (χ4v) is 5.27. The number of cyclic esters (lactones) is 1. The molecular weight excluding hydrogens is 443 g/mol. The quantitative estimate of drug-likeness (QED) is 0.675. The summed E-state index contributed by atoms with van der Waals surface area (Å²) in [5, 5.41) is 0. The van der Waals surface area contributed by atoms with E-state index in [0.29, 0.717) is 16.9 Å². The van der Waals surface area contributed by atoms with Gasteiger partial charge < -0.3 is 9.64 Å². The first kappa shape index (κ1) is 21.9. The van der Waals surface area contributed by atoms with Gasteiger partial charge in [0.1, 0.15) is 11.9 Å². The molecule has 166 valence electrons. The summed E-state index contributed by atoms with van der Waals surface area (Å²) in [6.07, 6.45) is -0.816. The smallest absolute Gasteiger partial charge is 0.414 e. The number of thioether (sulfide) groups is 1. The summed E-state index contributed by atoms with van der Waals surface area (Å²) in [5.74, 6) is 1.54. The van der Waals surface area contributed by atoms with Crippen LogP contribution in [0.15, 0.2) is 41.3 Å². The van der Waals surface area contributed by atoms with E-state index in [-0.39, 0.29) is 23.7 Å². The van der Waals surface area contributed by atoms with Crippen LogP contribution in [-0.2, 0) is 21.3 Å². The van der Waals surface area contributed by atoms with Gasteiger partial charge in [-0.25, -0.2) is 9.18 Å². The second kappa shape index (κ2) is 8.68. The van der Waals surface area contributed by atoms with Crippen LogP contribution in [0, 0.1) is 12.7 Å². The van der Waals surface area contributed by atoms with Crippen LogP contribution in [0.1, 0.15) is 11.1 Å². The van der Waals surface area contributed by atoms with Crippen molar-refractivity contribution < 1.29 is 26.9 Å². The fourth-order valence-electron chi connectivity index (χ4n) is 3.84. The molecule has 4 rings (SSSR count). The largest absolute Gasteiger partial charge is 0.444 e. The van der Waals surface area contributed by atoms with Crippen LogP contribution in [0.3, 0.4) is 0 Å². The molecule has 1 atom stereocenters. The molecule has 0 spiro atoms. The van der Waals surface area contributed by atoms with Gasteiger partial charge in [0.2, 0.25) is 0 Å². The van der Waals surface area contributed by atoms with Crippen LogP contribution >= 0.6 is 11.8 Å². The zero-order valence-electron chi connectivity index (χ0n) is 17.0. The number of nitrogens with zero attached hydrogens (tertiary/aromatic N) is 2. The Kier molecular flexibility index (Phi) is 6.14. The zero-order valence-corrected chi connectivity index (χ0v) is 18.6. The molecule has 0 bridgehead atoms.